The summed E-state index contributed by atoms with van der Waals surface area (Å²) in [5, 5.41) is 0. The number of aromatic nitrogens is 1. The van der Waals surface area contributed by atoms with Crippen molar-refractivity contribution < 1.29 is 9.47 Å². The van der Waals surface area contributed by atoms with Crippen LogP contribution in [0.1, 0.15) is 6.42 Å². The number of benzene rings is 1. The first kappa shape index (κ1) is 11.3. The molecular formula is C14H13NO2S. The van der Waals surface area contributed by atoms with Gasteiger partial charge in [-0.05, 0) is 30.3 Å². The summed E-state index contributed by atoms with van der Waals surface area (Å²) in [4.78, 5) is 3.18. The van der Waals surface area contributed by atoms with Gasteiger partial charge in [0, 0.05) is 28.4 Å². The number of hydrogen-bond donors (Lipinski definition) is 1. The van der Waals surface area contributed by atoms with Crippen LogP contribution in [0, 0.1) is 4.51 Å². The van der Waals surface area contributed by atoms with E-state index < -0.39 is 0 Å². The third-order valence-corrected chi connectivity index (χ3v) is 3.09. The van der Waals surface area contributed by atoms with Crippen LogP contribution in [-0.4, -0.2) is 18.2 Å². The standard InChI is InChI=1S/C14H13NO2S/c18-11-4-5-15-12(9-11)10-2-3-13-14(8-10)17-7-1-6-16-13/h2-5,8-9H,1,6-7H2,(H,15,18). The van der Waals surface area contributed by atoms with Gasteiger partial charge in [-0.1, -0.05) is 12.2 Å². The summed E-state index contributed by atoms with van der Waals surface area (Å²) in [6.07, 6.45) is 2.76. The summed E-state index contributed by atoms with van der Waals surface area (Å²) in [5.74, 6) is 1.61. The van der Waals surface area contributed by atoms with Gasteiger partial charge in [0.05, 0.1) is 13.2 Å². The van der Waals surface area contributed by atoms with Crippen LogP contribution in [0.5, 0.6) is 11.5 Å². The zero-order chi connectivity index (χ0) is 12.4. The summed E-state index contributed by atoms with van der Waals surface area (Å²) in [7, 11) is 0. The van der Waals surface area contributed by atoms with E-state index in [0.29, 0.717) is 13.2 Å². The van der Waals surface area contributed by atoms with Gasteiger partial charge >= 0.3 is 0 Å². The first-order valence-electron chi connectivity index (χ1n) is 5.92. The van der Waals surface area contributed by atoms with Gasteiger partial charge in [0.15, 0.2) is 11.5 Å². The number of ether oxygens (including phenoxy) is 2. The Bertz CT molecular complexity index is 621. The van der Waals surface area contributed by atoms with Gasteiger partial charge in [0.1, 0.15) is 0 Å². The van der Waals surface area contributed by atoms with Crippen molar-refractivity contribution in [2.45, 2.75) is 6.42 Å². The fourth-order valence-electron chi connectivity index (χ4n) is 1.94. The molecule has 1 aromatic carbocycles. The van der Waals surface area contributed by atoms with E-state index in [1.807, 2.05) is 36.5 Å². The molecule has 2 aromatic rings. The van der Waals surface area contributed by atoms with Gasteiger partial charge in [-0.2, -0.15) is 0 Å². The number of fused-ring (bicyclic) bond motifs is 1. The predicted molar refractivity (Wildman–Crippen MR) is 72.7 cm³/mol. The lowest BCUT2D eigenvalue weighted by Gasteiger charge is -2.09. The number of hydrogen-bond acceptors (Lipinski definition) is 3. The summed E-state index contributed by atoms with van der Waals surface area (Å²) < 4.78 is 12.1. The number of nitrogens with one attached hydrogen (secondary N) is 1. The normalized spacial score (nSPS) is 14.0. The molecule has 92 valence electrons. The van der Waals surface area contributed by atoms with E-state index in [-0.39, 0.29) is 0 Å². The summed E-state index contributed by atoms with van der Waals surface area (Å²) >= 11 is 5.17. The maximum absolute atomic E-state index is 5.68. The van der Waals surface area contributed by atoms with E-state index in [1.54, 1.807) is 0 Å². The Hall–Kier alpha value is -1.81. The molecule has 3 nitrogen and oxygen atoms in total. The molecule has 0 amide bonds. The van der Waals surface area contributed by atoms with Crippen LogP contribution in [0.4, 0.5) is 0 Å². The van der Waals surface area contributed by atoms with Crippen LogP contribution >= 0.6 is 12.2 Å². The molecule has 0 bridgehead atoms. The van der Waals surface area contributed by atoms with Crippen molar-refractivity contribution in [1.29, 1.82) is 0 Å². The lowest BCUT2D eigenvalue weighted by molar-refractivity contribution is 0.297. The van der Waals surface area contributed by atoms with E-state index in [9.17, 15) is 0 Å². The SMILES string of the molecule is S=c1cc[nH]c(-c2ccc3c(c2)OCCCO3)c1. The summed E-state index contributed by atoms with van der Waals surface area (Å²) in [5.41, 5.74) is 2.03. The fraction of sp³-hybridized carbons (Fsp3) is 0.214. The lowest BCUT2D eigenvalue weighted by atomic mass is 10.1. The highest BCUT2D eigenvalue weighted by Crippen LogP contribution is 2.33. The van der Waals surface area contributed by atoms with Crippen molar-refractivity contribution in [1.82, 2.24) is 4.98 Å². The molecule has 0 fully saturated rings. The molecule has 0 atom stereocenters. The van der Waals surface area contributed by atoms with Crippen molar-refractivity contribution >= 4 is 12.2 Å². The minimum atomic E-state index is 0.696. The Balaban J connectivity index is 2.04. The van der Waals surface area contributed by atoms with E-state index in [0.717, 1.165) is 33.7 Å². The zero-order valence-corrected chi connectivity index (χ0v) is 10.6. The van der Waals surface area contributed by atoms with Crippen LogP contribution < -0.4 is 9.47 Å². The van der Waals surface area contributed by atoms with Crippen molar-refractivity contribution in [2.75, 3.05) is 13.2 Å². The monoisotopic (exact) mass is 259 g/mol. The predicted octanol–water partition coefficient (Wildman–Crippen LogP) is 3.57. The Labute approximate surface area is 110 Å². The average molecular weight is 259 g/mol. The average Bonchev–Trinajstić information content (AvgIpc) is 2.63. The molecule has 4 heteroatoms. The second-order valence-corrected chi connectivity index (χ2v) is 4.62. The first-order chi connectivity index (χ1) is 8.83. The molecule has 0 spiro atoms. The van der Waals surface area contributed by atoms with Gasteiger partial charge in [0.2, 0.25) is 0 Å². The van der Waals surface area contributed by atoms with Crippen molar-refractivity contribution in [3.63, 3.8) is 0 Å². The van der Waals surface area contributed by atoms with Gasteiger partial charge in [-0.3, -0.25) is 0 Å². The maximum atomic E-state index is 5.68. The van der Waals surface area contributed by atoms with E-state index in [2.05, 4.69) is 4.98 Å². The molecule has 1 N–H and O–H groups in total. The molecule has 1 aliphatic rings. The molecule has 0 aliphatic carbocycles. The van der Waals surface area contributed by atoms with E-state index >= 15 is 0 Å². The quantitative estimate of drug-likeness (QED) is 0.795. The second kappa shape index (κ2) is 4.82. The maximum Gasteiger partial charge on any atom is 0.161 e. The van der Waals surface area contributed by atoms with E-state index in [4.69, 9.17) is 21.7 Å². The molecule has 3 rings (SSSR count). The van der Waals surface area contributed by atoms with Crippen molar-refractivity contribution in [2.24, 2.45) is 0 Å². The molecule has 18 heavy (non-hydrogen) atoms. The minimum absolute atomic E-state index is 0.696. The van der Waals surface area contributed by atoms with Crippen LogP contribution in [-0.2, 0) is 0 Å². The van der Waals surface area contributed by atoms with Crippen molar-refractivity contribution in [3.8, 4) is 22.8 Å². The van der Waals surface area contributed by atoms with Crippen LogP contribution in [0.3, 0.4) is 0 Å². The zero-order valence-electron chi connectivity index (χ0n) is 9.81. The highest BCUT2D eigenvalue weighted by molar-refractivity contribution is 7.71. The van der Waals surface area contributed by atoms with Crippen LogP contribution in [0.15, 0.2) is 36.5 Å². The molecular weight excluding hydrogens is 246 g/mol. The second-order valence-electron chi connectivity index (χ2n) is 4.15. The van der Waals surface area contributed by atoms with Gasteiger partial charge in [-0.15, -0.1) is 0 Å². The molecule has 2 heterocycles. The Kier molecular flexibility index (Phi) is 3.02. The Morgan fingerprint density at radius 2 is 1.83 bits per heavy atom. The smallest absolute Gasteiger partial charge is 0.161 e. The summed E-state index contributed by atoms with van der Waals surface area (Å²) in [6, 6.07) is 9.74. The van der Waals surface area contributed by atoms with Gasteiger partial charge < -0.3 is 14.5 Å². The Morgan fingerprint density at radius 3 is 2.67 bits per heavy atom. The van der Waals surface area contributed by atoms with E-state index in [1.165, 1.54) is 0 Å². The van der Waals surface area contributed by atoms with Gasteiger partial charge in [0.25, 0.3) is 0 Å². The molecule has 0 saturated heterocycles. The largest absolute Gasteiger partial charge is 0.490 e. The molecule has 0 unspecified atom stereocenters. The first-order valence-corrected chi connectivity index (χ1v) is 6.32. The number of H-pyrrole nitrogens is 1. The molecule has 1 aliphatic heterocycles. The van der Waals surface area contributed by atoms with Gasteiger partial charge in [-0.25, -0.2) is 0 Å². The summed E-state index contributed by atoms with van der Waals surface area (Å²) in [6.45, 7) is 1.40. The molecule has 1 aromatic heterocycles. The highest BCUT2D eigenvalue weighted by Gasteiger charge is 2.11. The topological polar surface area (TPSA) is 34.2 Å². The third-order valence-electron chi connectivity index (χ3n) is 2.83. The Morgan fingerprint density at radius 1 is 1.00 bits per heavy atom. The third kappa shape index (κ3) is 2.24. The number of pyridine rings is 1. The fourth-order valence-corrected chi connectivity index (χ4v) is 2.13. The number of aromatic amines is 1. The molecule has 0 radical (unpaired) electrons. The molecule has 0 saturated carbocycles. The minimum Gasteiger partial charge on any atom is -0.490 e. The number of rotatable bonds is 1. The van der Waals surface area contributed by atoms with Crippen LogP contribution in [0.2, 0.25) is 0 Å². The highest BCUT2D eigenvalue weighted by atomic mass is 32.1. The van der Waals surface area contributed by atoms with Crippen LogP contribution in [0.25, 0.3) is 11.3 Å². The van der Waals surface area contributed by atoms with Crippen molar-refractivity contribution in [3.05, 3.63) is 41.0 Å². The lowest BCUT2D eigenvalue weighted by Crippen LogP contribution is -1.97.